The van der Waals surface area contributed by atoms with E-state index in [0.717, 1.165) is 38.6 Å². The number of phosphoric acid groups is 1. The fraction of sp³-hybridized carbons (Fsp3) is 1.00. The molecule has 0 fully saturated rings. The lowest BCUT2D eigenvalue weighted by Gasteiger charge is -2.18. The average Bonchev–Trinajstić information content (AvgIpc) is 2.35. The molecule has 0 aromatic rings. The van der Waals surface area contributed by atoms with Gasteiger partial charge in [-0.25, -0.2) is 4.57 Å². The Bertz CT molecular complexity index is 235. The summed E-state index contributed by atoms with van der Waals surface area (Å²) < 4.78 is 28.3. The molecule has 0 heterocycles. The Morgan fingerprint density at radius 1 is 0.842 bits per heavy atom. The number of hydrogen-bond donors (Lipinski definition) is 0. The third-order valence-electron chi connectivity index (χ3n) is 2.49. The maximum atomic E-state index is 12.3. The molecule has 0 unspecified atom stereocenters. The van der Waals surface area contributed by atoms with Gasteiger partial charge in [-0.15, -0.1) is 0 Å². The van der Waals surface area contributed by atoms with Crippen molar-refractivity contribution in [2.24, 2.45) is 0 Å². The number of nitrogens with zero attached hydrogens (tertiary/aromatic N) is 1. The molecule has 0 saturated carbocycles. The van der Waals surface area contributed by atoms with Gasteiger partial charge in [-0.2, -0.15) is 0 Å². The van der Waals surface area contributed by atoms with E-state index in [1.165, 1.54) is 0 Å². The van der Waals surface area contributed by atoms with Crippen LogP contribution in [0.15, 0.2) is 0 Å². The van der Waals surface area contributed by atoms with Gasteiger partial charge in [0.15, 0.2) is 0 Å². The van der Waals surface area contributed by atoms with E-state index in [9.17, 15) is 4.57 Å². The fourth-order valence-corrected chi connectivity index (χ4v) is 2.59. The van der Waals surface area contributed by atoms with Crippen LogP contribution in [0.1, 0.15) is 46.0 Å². The van der Waals surface area contributed by atoms with Crippen molar-refractivity contribution in [3.05, 3.63) is 0 Å². The standard InChI is InChI=1S/C13H30NO4P/c1-5-7-11-16-19(15,17-12-8-6-2)18-13-9-10-14(3)4/h5-13H2,1-4H3. The topological polar surface area (TPSA) is 48.0 Å². The minimum absolute atomic E-state index is 0.397. The first-order valence-electron chi connectivity index (χ1n) is 7.22. The Labute approximate surface area is 118 Å². The molecule has 0 spiro atoms. The zero-order valence-electron chi connectivity index (χ0n) is 12.9. The zero-order valence-corrected chi connectivity index (χ0v) is 13.8. The summed E-state index contributed by atoms with van der Waals surface area (Å²) in [4.78, 5) is 2.06. The van der Waals surface area contributed by atoms with E-state index in [2.05, 4.69) is 18.7 Å². The molecular weight excluding hydrogens is 265 g/mol. The summed E-state index contributed by atoms with van der Waals surface area (Å²) in [5.74, 6) is 0. The number of phosphoric ester groups is 1. The van der Waals surface area contributed by atoms with Crippen LogP contribution >= 0.6 is 7.82 Å². The summed E-state index contributed by atoms with van der Waals surface area (Å²) in [5.41, 5.74) is 0. The maximum Gasteiger partial charge on any atom is 0.474 e. The van der Waals surface area contributed by atoms with Crippen LogP contribution in [0.2, 0.25) is 0 Å². The third-order valence-corrected chi connectivity index (χ3v) is 3.99. The van der Waals surface area contributed by atoms with E-state index in [0.29, 0.717) is 19.8 Å². The number of rotatable bonds is 13. The number of unbranched alkanes of at least 4 members (excludes halogenated alkanes) is 2. The maximum absolute atomic E-state index is 12.3. The van der Waals surface area contributed by atoms with E-state index in [1.807, 2.05) is 14.1 Å². The van der Waals surface area contributed by atoms with Crippen LogP contribution < -0.4 is 0 Å². The highest BCUT2D eigenvalue weighted by atomic mass is 31.2. The Balaban J connectivity index is 4.04. The van der Waals surface area contributed by atoms with Gasteiger partial charge in [-0.3, -0.25) is 13.6 Å². The van der Waals surface area contributed by atoms with Crippen LogP contribution in [-0.4, -0.2) is 45.4 Å². The van der Waals surface area contributed by atoms with Crippen LogP contribution in [0.25, 0.3) is 0 Å². The lowest BCUT2D eigenvalue weighted by Crippen LogP contribution is -2.15. The molecule has 5 nitrogen and oxygen atoms in total. The molecule has 116 valence electrons. The molecule has 0 N–H and O–H groups in total. The summed E-state index contributed by atoms with van der Waals surface area (Å²) in [6, 6.07) is 0. The molecule has 0 amide bonds. The largest absolute Gasteiger partial charge is 0.474 e. The third kappa shape index (κ3) is 11.6. The van der Waals surface area contributed by atoms with Gasteiger partial charge >= 0.3 is 7.82 Å². The lowest BCUT2D eigenvalue weighted by atomic mass is 10.4. The quantitative estimate of drug-likeness (QED) is 0.383. The van der Waals surface area contributed by atoms with Gasteiger partial charge in [0.2, 0.25) is 0 Å². The van der Waals surface area contributed by atoms with Crippen molar-refractivity contribution < 1.29 is 18.1 Å². The molecule has 0 saturated heterocycles. The predicted molar refractivity (Wildman–Crippen MR) is 78.4 cm³/mol. The molecule has 0 rings (SSSR count). The Hall–Kier alpha value is 0.0700. The molecule has 0 aromatic carbocycles. The van der Waals surface area contributed by atoms with Crippen LogP contribution in [0.4, 0.5) is 0 Å². The van der Waals surface area contributed by atoms with Crippen molar-refractivity contribution >= 4 is 7.82 Å². The monoisotopic (exact) mass is 295 g/mol. The second-order valence-corrected chi connectivity index (χ2v) is 6.48. The van der Waals surface area contributed by atoms with Gasteiger partial charge in [-0.1, -0.05) is 26.7 Å². The minimum Gasteiger partial charge on any atom is -0.309 e. The Morgan fingerprint density at radius 3 is 1.63 bits per heavy atom. The number of hydrogen-bond acceptors (Lipinski definition) is 5. The molecule has 0 aliphatic heterocycles. The normalized spacial score (nSPS) is 12.3. The molecule has 0 bridgehead atoms. The molecular formula is C13H30NO4P. The van der Waals surface area contributed by atoms with Gasteiger partial charge in [-0.05, 0) is 39.9 Å². The van der Waals surface area contributed by atoms with E-state index in [-0.39, 0.29) is 0 Å². The van der Waals surface area contributed by atoms with E-state index < -0.39 is 7.82 Å². The first kappa shape index (κ1) is 19.1. The van der Waals surface area contributed by atoms with Crippen molar-refractivity contribution in [3.8, 4) is 0 Å². The van der Waals surface area contributed by atoms with Crippen LogP contribution in [0.3, 0.4) is 0 Å². The summed E-state index contributed by atoms with van der Waals surface area (Å²) in [7, 11) is 0.633. The Morgan fingerprint density at radius 2 is 1.26 bits per heavy atom. The highest BCUT2D eigenvalue weighted by Crippen LogP contribution is 2.49. The minimum atomic E-state index is -3.36. The Kier molecular flexibility index (Phi) is 11.9. The van der Waals surface area contributed by atoms with Crippen molar-refractivity contribution in [1.29, 1.82) is 0 Å². The van der Waals surface area contributed by atoms with E-state index >= 15 is 0 Å². The van der Waals surface area contributed by atoms with Gasteiger partial charge < -0.3 is 4.90 Å². The molecule has 0 atom stereocenters. The van der Waals surface area contributed by atoms with Crippen molar-refractivity contribution in [1.82, 2.24) is 4.90 Å². The first-order chi connectivity index (χ1) is 9.04. The van der Waals surface area contributed by atoms with Crippen molar-refractivity contribution in [2.75, 3.05) is 40.5 Å². The predicted octanol–water partition coefficient (Wildman–Crippen LogP) is 3.70. The summed E-state index contributed by atoms with van der Waals surface area (Å²) in [6.07, 6.45) is 4.53. The second kappa shape index (κ2) is 11.9. The lowest BCUT2D eigenvalue weighted by molar-refractivity contribution is 0.108. The zero-order chi connectivity index (χ0) is 14.6. The molecule has 0 radical (unpaired) electrons. The smallest absolute Gasteiger partial charge is 0.309 e. The van der Waals surface area contributed by atoms with Crippen LogP contribution in [0, 0.1) is 0 Å². The van der Waals surface area contributed by atoms with Gasteiger partial charge in [0, 0.05) is 0 Å². The van der Waals surface area contributed by atoms with E-state index in [4.69, 9.17) is 13.6 Å². The molecule has 19 heavy (non-hydrogen) atoms. The molecule has 0 aliphatic rings. The molecule has 6 heteroatoms. The summed E-state index contributed by atoms with van der Waals surface area (Å²) in [5, 5.41) is 0. The SMILES string of the molecule is CCCCOP(=O)(OCCCC)OCCCN(C)C. The summed E-state index contributed by atoms with van der Waals surface area (Å²) >= 11 is 0. The van der Waals surface area contributed by atoms with Gasteiger partial charge in [0.05, 0.1) is 19.8 Å². The van der Waals surface area contributed by atoms with Gasteiger partial charge in [0.1, 0.15) is 0 Å². The second-order valence-electron chi connectivity index (χ2n) is 4.81. The first-order valence-corrected chi connectivity index (χ1v) is 8.68. The molecule has 0 aromatic heterocycles. The highest BCUT2D eigenvalue weighted by molar-refractivity contribution is 7.48. The molecule has 0 aliphatic carbocycles. The highest BCUT2D eigenvalue weighted by Gasteiger charge is 2.25. The van der Waals surface area contributed by atoms with Crippen LogP contribution in [-0.2, 0) is 18.1 Å². The van der Waals surface area contributed by atoms with Gasteiger partial charge in [0.25, 0.3) is 0 Å². The van der Waals surface area contributed by atoms with Crippen molar-refractivity contribution in [2.45, 2.75) is 46.0 Å². The summed E-state index contributed by atoms with van der Waals surface area (Å²) in [6.45, 7) is 6.26. The van der Waals surface area contributed by atoms with E-state index in [1.54, 1.807) is 0 Å². The fourth-order valence-electron chi connectivity index (χ4n) is 1.31. The van der Waals surface area contributed by atoms with Crippen LogP contribution in [0.5, 0.6) is 0 Å². The van der Waals surface area contributed by atoms with Crippen molar-refractivity contribution in [3.63, 3.8) is 0 Å². The average molecular weight is 295 g/mol.